The van der Waals surface area contributed by atoms with E-state index in [-0.39, 0.29) is 21.7 Å². The van der Waals surface area contributed by atoms with Crippen molar-refractivity contribution in [2.24, 2.45) is 0 Å². The summed E-state index contributed by atoms with van der Waals surface area (Å²) in [6.45, 7) is 14.6. The normalized spacial score (nSPS) is 16.7. The number of fused-ring (bicyclic) bond motifs is 15. The highest BCUT2D eigenvalue weighted by Gasteiger charge is 2.52. The molecule has 0 amide bonds. The van der Waals surface area contributed by atoms with Crippen LogP contribution in [0.15, 0.2) is 188 Å². The Labute approximate surface area is 377 Å². The zero-order chi connectivity index (χ0) is 43.3. The van der Waals surface area contributed by atoms with E-state index >= 15 is 0 Å². The van der Waals surface area contributed by atoms with E-state index in [2.05, 4.69) is 234 Å². The molecule has 4 aliphatic rings. The molecule has 0 fully saturated rings. The van der Waals surface area contributed by atoms with Gasteiger partial charge in [0.25, 0.3) is 0 Å². The van der Waals surface area contributed by atoms with Crippen molar-refractivity contribution in [2.45, 2.75) is 69.6 Å². The lowest BCUT2D eigenvalue weighted by molar-refractivity contribution is 0.403. The Balaban J connectivity index is 1.03. The molecule has 0 heterocycles. The largest absolute Gasteiger partial charge is 0.309 e. The van der Waals surface area contributed by atoms with Crippen LogP contribution in [0.5, 0.6) is 0 Å². The van der Waals surface area contributed by atoms with Crippen LogP contribution < -0.4 is 4.90 Å². The van der Waals surface area contributed by atoms with Crippen LogP contribution in [-0.4, -0.2) is 0 Å². The summed E-state index contributed by atoms with van der Waals surface area (Å²) in [5.74, 6) is 0. The molecule has 0 unspecified atom stereocenters. The lowest BCUT2D eigenvalue weighted by Crippen LogP contribution is -2.25. The van der Waals surface area contributed by atoms with Crippen LogP contribution in [0.4, 0.5) is 17.1 Å². The smallest absolute Gasteiger partial charge is 0.0725 e. The van der Waals surface area contributed by atoms with Gasteiger partial charge in [0.1, 0.15) is 0 Å². The van der Waals surface area contributed by atoms with Crippen molar-refractivity contribution in [1.82, 2.24) is 0 Å². The van der Waals surface area contributed by atoms with Crippen LogP contribution in [-0.2, 0) is 21.7 Å². The number of nitrogens with zero attached hydrogens (tertiary/aromatic N) is 1. The average molecular weight is 822 g/mol. The van der Waals surface area contributed by atoms with E-state index in [1.165, 1.54) is 112 Å². The van der Waals surface area contributed by atoms with Crippen molar-refractivity contribution in [1.29, 1.82) is 0 Å². The van der Waals surface area contributed by atoms with Crippen LogP contribution in [0.25, 0.3) is 55.3 Å². The zero-order valence-corrected chi connectivity index (χ0v) is 37.6. The molecule has 0 aromatic heterocycles. The van der Waals surface area contributed by atoms with Crippen molar-refractivity contribution in [3.05, 3.63) is 233 Å². The molecular weight excluding hydrogens is 771 g/mol. The molecule has 0 N–H and O–H groups in total. The lowest BCUT2D eigenvalue weighted by Gasteiger charge is -2.32. The SMILES string of the molecule is CC1(C)CC(C)(C)c2cc3c(cc21)-c1ccc(-c2ccc4ccccc4c2N(c2ccccc2)c2ccc4c(c2)-c2ccccc2C42c4ccccc4-c4ccccc42)cc1C3(C)C. The molecule has 0 radical (unpaired) electrons. The first-order valence-corrected chi connectivity index (χ1v) is 23.1. The monoisotopic (exact) mass is 821 g/mol. The molecule has 0 bridgehead atoms. The summed E-state index contributed by atoms with van der Waals surface area (Å²) in [7, 11) is 0. The van der Waals surface area contributed by atoms with Crippen LogP contribution in [0.2, 0.25) is 0 Å². The number of anilines is 3. The Morgan fingerprint density at radius 1 is 0.344 bits per heavy atom. The van der Waals surface area contributed by atoms with Gasteiger partial charge in [0.05, 0.1) is 11.1 Å². The maximum atomic E-state index is 2.58. The van der Waals surface area contributed by atoms with Gasteiger partial charge in [-0.1, -0.05) is 193 Å². The Bertz CT molecular complexity index is 3410. The topological polar surface area (TPSA) is 3.24 Å². The molecule has 4 aliphatic carbocycles. The molecule has 0 aliphatic heterocycles. The van der Waals surface area contributed by atoms with Crippen molar-refractivity contribution >= 4 is 27.8 Å². The Morgan fingerprint density at radius 2 is 0.859 bits per heavy atom. The van der Waals surface area contributed by atoms with Gasteiger partial charge in [0.15, 0.2) is 0 Å². The van der Waals surface area contributed by atoms with Gasteiger partial charge in [0, 0.05) is 27.7 Å². The van der Waals surface area contributed by atoms with Crippen LogP contribution in [0, 0.1) is 0 Å². The first-order chi connectivity index (χ1) is 31.0. The summed E-state index contributed by atoms with van der Waals surface area (Å²) < 4.78 is 0. The number of hydrogen-bond acceptors (Lipinski definition) is 1. The molecule has 0 atom stereocenters. The van der Waals surface area contributed by atoms with Gasteiger partial charge in [-0.05, 0) is 142 Å². The average Bonchev–Trinajstić information content (AvgIpc) is 3.92. The van der Waals surface area contributed by atoms with Gasteiger partial charge in [-0.15, -0.1) is 0 Å². The predicted octanol–water partition coefficient (Wildman–Crippen LogP) is 16.6. The predicted molar refractivity (Wildman–Crippen MR) is 269 cm³/mol. The van der Waals surface area contributed by atoms with E-state index in [4.69, 9.17) is 0 Å². The lowest BCUT2D eigenvalue weighted by atomic mass is 9.70. The summed E-state index contributed by atoms with van der Waals surface area (Å²) in [5.41, 5.74) is 25.0. The Hall–Kier alpha value is -6.96. The number of para-hydroxylation sites is 1. The van der Waals surface area contributed by atoms with Gasteiger partial charge >= 0.3 is 0 Å². The maximum absolute atomic E-state index is 2.58. The molecule has 9 aromatic rings. The maximum Gasteiger partial charge on any atom is 0.0725 e. The molecule has 9 aromatic carbocycles. The van der Waals surface area contributed by atoms with Crippen molar-refractivity contribution < 1.29 is 0 Å². The van der Waals surface area contributed by atoms with Gasteiger partial charge < -0.3 is 4.90 Å². The summed E-state index contributed by atoms with van der Waals surface area (Å²) in [6.07, 6.45) is 1.17. The van der Waals surface area contributed by atoms with Crippen molar-refractivity contribution in [3.63, 3.8) is 0 Å². The van der Waals surface area contributed by atoms with E-state index in [1.54, 1.807) is 0 Å². The fourth-order valence-corrected chi connectivity index (χ4v) is 13.3. The molecule has 1 heteroatoms. The molecular formula is C63H51N. The van der Waals surface area contributed by atoms with Crippen LogP contribution in [0.1, 0.15) is 92.5 Å². The summed E-state index contributed by atoms with van der Waals surface area (Å²) in [6, 6.07) is 71.7. The van der Waals surface area contributed by atoms with Gasteiger partial charge in [0.2, 0.25) is 0 Å². The van der Waals surface area contributed by atoms with E-state index in [0.717, 1.165) is 11.4 Å². The second kappa shape index (κ2) is 12.8. The quantitative estimate of drug-likeness (QED) is 0.171. The molecule has 0 saturated carbocycles. The fraction of sp³-hybridized carbons (Fsp3) is 0.175. The number of hydrogen-bond donors (Lipinski definition) is 0. The summed E-state index contributed by atoms with van der Waals surface area (Å²) in [4.78, 5) is 2.53. The highest BCUT2D eigenvalue weighted by Crippen LogP contribution is 2.64. The highest BCUT2D eigenvalue weighted by atomic mass is 15.1. The highest BCUT2D eigenvalue weighted by molar-refractivity contribution is 6.07. The first kappa shape index (κ1) is 37.6. The van der Waals surface area contributed by atoms with Gasteiger partial charge in [-0.3, -0.25) is 0 Å². The van der Waals surface area contributed by atoms with Crippen LogP contribution >= 0.6 is 0 Å². The minimum absolute atomic E-state index is 0.143. The minimum atomic E-state index is -0.389. The second-order valence-electron chi connectivity index (χ2n) is 20.7. The molecule has 0 saturated heterocycles. The number of benzene rings is 9. The molecule has 1 nitrogen and oxygen atoms in total. The van der Waals surface area contributed by atoms with Crippen molar-refractivity contribution in [3.8, 4) is 44.5 Å². The second-order valence-corrected chi connectivity index (χ2v) is 20.7. The van der Waals surface area contributed by atoms with Crippen molar-refractivity contribution in [2.75, 3.05) is 4.90 Å². The summed E-state index contributed by atoms with van der Waals surface area (Å²) >= 11 is 0. The molecule has 13 rings (SSSR count). The molecule has 64 heavy (non-hydrogen) atoms. The first-order valence-electron chi connectivity index (χ1n) is 23.1. The standard InChI is InChI=1S/C63H51N/c1-60(2)38-61(3,4)58-37-56-50(36-57(58)60)48-32-29-40(34-55(48)62(56,5)6)44-31-28-39-18-10-11-21-43(39)59(44)64(41-19-8-7-9-20-41)42-30-33-54-49(35-42)47-24-14-17-27-53(47)63(54)51-25-15-12-22-45(51)46-23-13-16-26-52(46)63/h7-37H,38H2,1-6H3. The zero-order valence-electron chi connectivity index (χ0n) is 37.6. The molecule has 1 spiro atoms. The Kier molecular flexibility index (Phi) is 7.53. The van der Waals surface area contributed by atoms with E-state index in [1.807, 2.05) is 0 Å². The number of rotatable bonds is 4. The summed E-state index contributed by atoms with van der Waals surface area (Å²) in [5, 5.41) is 2.45. The third kappa shape index (κ3) is 4.85. The van der Waals surface area contributed by atoms with Gasteiger partial charge in [-0.2, -0.15) is 0 Å². The third-order valence-electron chi connectivity index (χ3n) is 15.8. The van der Waals surface area contributed by atoms with E-state index in [0.29, 0.717) is 0 Å². The molecule has 308 valence electrons. The Morgan fingerprint density at radius 3 is 1.55 bits per heavy atom. The van der Waals surface area contributed by atoms with E-state index in [9.17, 15) is 0 Å². The van der Waals surface area contributed by atoms with Crippen LogP contribution in [0.3, 0.4) is 0 Å². The fourth-order valence-electron chi connectivity index (χ4n) is 13.3. The minimum Gasteiger partial charge on any atom is -0.309 e. The van der Waals surface area contributed by atoms with E-state index < -0.39 is 0 Å². The third-order valence-corrected chi connectivity index (χ3v) is 15.8. The van der Waals surface area contributed by atoms with Gasteiger partial charge in [-0.25, -0.2) is 0 Å².